The lowest BCUT2D eigenvalue weighted by Gasteiger charge is -2.20. The number of carboxylic acids is 2. The van der Waals surface area contributed by atoms with Crippen LogP contribution in [0.4, 0.5) is 11.5 Å². The van der Waals surface area contributed by atoms with E-state index in [0.29, 0.717) is 5.92 Å². The molecule has 0 bridgehead atoms. The molecule has 3 atom stereocenters. The fraction of sp³-hybridized carbons (Fsp3) is 0.440. The zero-order chi connectivity index (χ0) is 32.0. The van der Waals surface area contributed by atoms with Crippen molar-refractivity contribution < 1.29 is 34.5 Å². The molecular formula is C25H29Cl3N6O8S. The molecule has 0 aliphatic heterocycles. The lowest BCUT2D eigenvalue weighted by Crippen LogP contribution is -2.49. The van der Waals surface area contributed by atoms with Gasteiger partial charge in [-0.1, -0.05) is 34.8 Å². The third-order valence-corrected chi connectivity index (χ3v) is 8.67. The van der Waals surface area contributed by atoms with Crippen LogP contribution in [0.5, 0.6) is 5.75 Å². The fourth-order valence-electron chi connectivity index (χ4n) is 3.94. The van der Waals surface area contributed by atoms with Gasteiger partial charge in [0.2, 0.25) is 11.8 Å². The molecule has 3 rings (SSSR count). The molecule has 2 aromatic rings. The van der Waals surface area contributed by atoms with E-state index in [4.69, 9.17) is 50.7 Å². The highest BCUT2D eigenvalue weighted by atomic mass is 35.5. The van der Waals surface area contributed by atoms with E-state index in [1.807, 2.05) is 6.92 Å². The summed E-state index contributed by atoms with van der Waals surface area (Å²) in [6, 6.07) is -1.60. The molecule has 0 radical (unpaired) electrons. The Morgan fingerprint density at radius 1 is 1.21 bits per heavy atom. The maximum Gasteiger partial charge on any atom is 0.322 e. The number of thioether (sulfide) groups is 1. The highest BCUT2D eigenvalue weighted by Gasteiger charge is 2.31. The van der Waals surface area contributed by atoms with Crippen molar-refractivity contribution in [1.82, 2.24) is 20.2 Å². The Labute approximate surface area is 264 Å². The molecule has 2 amide bonds. The molecule has 1 aliphatic rings. The zero-order valence-electron chi connectivity index (χ0n) is 22.6. The fourth-order valence-corrected chi connectivity index (χ4v) is 5.84. The van der Waals surface area contributed by atoms with E-state index in [2.05, 4.69) is 20.9 Å². The number of amides is 2. The molecule has 1 aromatic heterocycles. The average molecular weight is 680 g/mol. The molecule has 234 valence electrons. The van der Waals surface area contributed by atoms with E-state index in [-0.39, 0.29) is 62.0 Å². The third-order valence-electron chi connectivity index (χ3n) is 6.50. The second kappa shape index (κ2) is 15.0. The van der Waals surface area contributed by atoms with Gasteiger partial charge in [0.15, 0.2) is 5.82 Å². The van der Waals surface area contributed by atoms with Crippen LogP contribution < -0.4 is 27.2 Å². The summed E-state index contributed by atoms with van der Waals surface area (Å²) < 4.78 is 1.47. The summed E-state index contributed by atoms with van der Waals surface area (Å²) in [5, 5.41) is 35.6. The van der Waals surface area contributed by atoms with E-state index in [1.54, 1.807) is 0 Å². The van der Waals surface area contributed by atoms with Crippen molar-refractivity contribution in [3.63, 3.8) is 0 Å². The minimum Gasteiger partial charge on any atom is -0.507 e. The van der Waals surface area contributed by atoms with E-state index in [0.717, 1.165) is 30.7 Å². The van der Waals surface area contributed by atoms with Gasteiger partial charge >= 0.3 is 11.9 Å². The van der Waals surface area contributed by atoms with Crippen LogP contribution in [0.3, 0.4) is 0 Å². The number of phenolic OH excluding ortho intramolecular Hbond substituents is 1. The SMILES string of the molecule is C[C@@H](C1CC1)n1cc(Cl)nc(Nc2c(Cl)cc(O)c(SC[C@H](NC(=O)CC[C@H](N)C(=O)O)C(=O)NCC(=O)O)c2Cl)c1=O. The Kier molecular flexibility index (Phi) is 11.9. The summed E-state index contributed by atoms with van der Waals surface area (Å²) >= 11 is 19.9. The zero-order valence-corrected chi connectivity index (χ0v) is 25.7. The van der Waals surface area contributed by atoms with Crippen molar-refractivity contribution >= 4 is 81.8 Å². The van der Waals surface area contributed by atoms with Gasteiger partial charge < -0.3 is 41.6 Å². The number of carboxylic acid groups (broad SMARTS) is 2. The van der Waals surface area contributed by atoms with Gasteiger partial charge in [0.05, 0.1) is 20.6 Å². The van der Waals surface area contributed by atoms with Crippen LogP contribution in [0.15, 0.2) is 22.0 Å². The van der Waals surface area contributed by atoms with Gasteiger partial charge in [-0.15, -0.1) is 11.8 Å². The normalized spacial score (nSPS) is 14.8. The number of nitrogens with one attached hydrogen (secondary N) is 3. The maximum absolute atomic E-state index is 13.2. The number of hydrogen-bond donors (Lipinski definition) is 7. The molecule has 1 saturated carbocycles. The number of aliphatic carboxylic acids is 2. The quantitative estimate of drug-likeness (QED) is 0.107. The van der Waals surface area contributed by atoms with Crippen LogP contribution in [-0.2, 0) is 19.2 Å². The van der Waals surface area contributed by atoms with E-state index in [1.165, 1.54) is 10.8 Å². The summed E-state index contributed by atoms with van der Waals surface area (Å²) in [7, 11) is 0. The van der Waals surface area contributed by atoms with Gasteiger partial charge in [0.25, 0.3) is 5.56 Å². The van der Waals surface area contributed by atoms with Crippen LogP contribution in [0.2, 0.25) is 15.2 Å². The second-order valence-corrected chi connectivity index (χ2v) is 12.0. The minimum atomic E-state index is -1.33. The summed E-state index contributed by atoms with van der Waals surface area (Å²) in [6.07, 6.45) is 2.87. The summed E-state index contributed by atoms with van der Waals surface area (Å²) in [4.78, 5) is 64.2. The summed E-state index contributed by atoms with van der Waals surface area (Å²) in [6.45, 7) is 1.17. The number of phenols is 1. The number of halogens is 3. The van der Waals surface area contributed by atoms with Crippen molar-refractivity contribution in [3.05, 3.63) is 37.8 Å². The topological polar surface area (TPSA) is 226 Å². The van der Waals surface area contributed by atoms with Crippen LogP contribution in [0, 0.1) is 5.92 Å². The molecule has 18 heteroatoms. The number of nitrogens with zero attached hydrogens (tertiary/aromatic N) is 2. The molecule has 0 unspecified atom stereocenters. The van der Waals surface area contributed by atoms with Crippen molar-refractivity contribution in [1.29, 1.82) is 0 Å². The number of benzene rings is 1. The summed E-state index contributed by atoms with van der Waals surface area (Å²) in [5.74, 6) is -4.67. The first-order valence-corrected chi connectivity index (χ1v) is 15.0. The van der Waals surface area contributed by atoms with Crippen molar-refractivity contribution in [3.8, 4) is 5.75 Å². The van der Waals surface area contributed by atoms with E-state index in [9.17, 15) is 29.1 Å². The lowest BCUT2D eigenvalue weighted by molar-refractivity contribution is -0.139. The predicted octanol–water partition coefficient (Wildman–Crippen LogP) is 2.59. The number of nitrogens with two attached hydrogens (primary N) is 1. The third kappa shape index (κ3) is 9.37. The number of carbonyl (C=O) groups excluding carboxylic acids is 2. The first-order chi connectivity index (χ1) is 20.2. The first-order valence-electron chi connectivity index (χ1n) is 12.9. The first kappa shape index (κ1) is 34.3. The molecule has 1 heterocycles. The summed E-state index contributed by atoms with van der Waals surface area (Å²) in [5.41, 5.74) is 4.96. The van der Waals surface area contributed by atoms with Crippen molar-refractivity contribution in [2.45, 2.75) is 55.6 Å². The molecule has 0 spiro atoms. The number of rotatable bonds is 15. The van der Waals surface area contributed by atoms with Gasteiger partial charge in [-0.2, -0.15) is 0 Å². The van der Waals surface area contributed by atoms with E-state index >= 15 is 0 Å². The Hall–Kier alpha value is -3.24. The molecule has 8 N–H and O–H groups in total. The Morgan fingerprint density at radius 2 is 1.88 bits per heavy atom. The van der Waals surface area contributed by atoms with Crippen molar-refractivity contribution in [2.24, 2.45) is 11.7 Å². The number of hydrogen-bond acceptors (Lipinski definition) is 10. The molecule has 14 nitrogen and oxygen atoms in total. The smallest absolute Gasteiger partial charge is 0.322 e. The molecule has 1 aliphatic carbocycles. The van der Waals surface area contributed by atoms with Crippen LogP contribution in [0.25, 0.3) is 0 Å². The number of anilines is 2. The van der Waals surface area contributed by atoms with Gasteiger partial charge in [0, 0.05) is 30.5 Å². The minimum absolute atomic E-state index is 0.0136. The Bertz CT molecular complexity index is 1470. The van der Waals surface area contributed by atoms with Gasteiger partial charge in [-0.3, -0.25) is 24.0 Å². The van der Waals surface area contributed by atoms with Crippen LogP contribution >= 0.6 is 46.6 Å². The van der Waals surface area contributed by atoms with Gasteiger partial charge in [-0.05, 0) is 32.1 Å². The average Bonchev–Trinajstić information content (AvgIpc) is 3.78. The second-order valence-electron chi connectivity index (χ2n) is 9.75. The Morgan fingerprint density at radius 3 is 2.49 bits per heavy atom. The monoisotopic (exact) mass is 678 g/mol. The van der Waals surface area contributed by atoms with Crippen molar-refractivity contribution in [2.75, 3.05) is 17.6 Å². The van der Waals surface area contributed by atoms with Gasteiger partial charge in [-0.25, -0.2) is 4.98 Å². The highest BCUT2D eigenvalue weighted by Crippen LogP contribution is 2.45. The van der Waals surface area contributed by atoms with Crippen LogP contribution in [-0.4, -0.2) is 73.0 Å². The standard InChI is InChI=1S/C25H29Cl3N6O8S/c1-10(11-2-3-11)34-8-16(27)32-22(24(34)40)33-20-12(26)6-15(35)21(19(20)28)43-9-14(23(39)30-7-18(37)38)31-17(36)5-4-13(29)25(41)42/h6,8,10-11,13-14,35H,2-5,7,9,29H2,1H3,(H,30,39)(H,31,36)(H,32,33)(H,37,38)(H,41,42)/t10-,13-,14-/m0/s1. The lowest BCUT2D eigenvalue weighted by atomic mass is 10.1. The van der Waals surface area contributed by atoms with Crippen LogP contribution in [0.1, 0.15) is 38.6 Å². The molecule has 43 heavy (non-hydrogen) atoms. The predicted molar refractivity (Wildman–Crippen MR) is 160 cm³/mol. The van der Waals surface area contributed by atoms with E-state index < -0.39 is 47.9 Å². The molecular weight excluding hydrogens is 651 g/mol. The maximum atomic E-state index is 13.2. The molecule has 1 aromatic carbocycles. The highest BCUT2D eigenvalue weighted by molar-refractivity contribution is 7.99. The molecule has 1 fully saturated rings. The Balaban J connectivity index is 1.84. The number of carbonyl (C=O) groups is 4. The number of aromatic nitrogens is 2. The largest absolute Gasteiger partial charge is 0.507 e. The van der Waals surface area contributed by atoms with Gasteiger partial charge in [0.1, 0.15) is 29.5 Å². The number of aromatic hydroxyl groups is 1. The molecule has 0 saturated heterocycles.